The second-order valence-electron chi connectivity index (χ2n) is 6.02. The highest BCUT2D eigenvalue weighted by molar-refractivity contribution is 5.22. The van der Waals surface area contributed by atoms with Crippen molar-refractivity contribution in [1.82, 2.24) is 4.90 Å². The molecular formula is C17H26F2N2. The van der Waals surface area contributed by atoms with E-state index in [1.165, 1.54) is 31.0 Å². The molecule has 0 aliphatic heterocycles. The average molecular weight is 296 g/mol. The molecule has 1 aromatic carbocycles. The lowest BCUT2D eigenvalue weighted by atomic mass is 9.82. The Morgan fingerprint density at radius 1 is 1.29 bits per heavy atom. The molecule has 2 rings (SSSR count). The number of hydrogen-bond donors (Lipinski definition) is 1. The summed E-state index contributed by atoms with van der Waals surface area (Å²) >= 11 is 0. The van der Waals surface area contributed by atoms with Gasteiger partial charge in [-0.15, -0.1) is 0 Å². The van der Waals surface area contributed by atoms with E-state index < -0.39 is 0 Å². The second kappa shape index (κ2) is 7.32. The van der Waals surface area contributed by atoms with Crippen LogP contribution < -0.4 is 5.73 Å². The Morgan fingerprint density at radius 3 is 2.67 bits per heavy atom. The van der Waals surface area contributed by atoms with E-state index in [-0.39, 0.29) is 17.7 Å². The molecule has 21 heavy (non-hydrogen) atoms. The molecular weight excluding hydrogens is 270 g/mol. The van der Waals surface area contributed by atoms with Crippen LogP contribution in [0.15, 0.2) is 18.2 Å². The van der Waals surface area contributed by atoms with E-state index in [1.54, 1.807) is 0 Å². The highest BCUT2D eigenvalue weighted by atomic mass is 19.1. The summed E-state index contributed by atoms with van der Waals surface area (Å²) in [6, 6.07) is 3.94. The van der Waals surface area contributed by atoms with Gasteiger partial charge in [0.1, 0.15) is 11.6 Å². The lowest BCUT2D eigenvalue weighted by Crippen LogP contribution is -2.46. The summed E-state index contributed by atoms with van der Waals surface area (Å²) in [6.07, 6.45) is 4.64. The molecule has 0 heterocycles. The maximum atomic E-state index is 14.0. The molecule has 0 radical (unpaired) electrons. The Bertz CT molecular complexity index is 464. The number of hydrogen-bond acceptors (Lipinski definition) is 2. The Hall–Kier alpha value is -1.00. The molecule has 0 bridgehead atoms. The van der Waals surface area contributed by atoms with Crippen LogP contribution in [0.5, 0.6) is 0 Å². The van der Waals surface area contributed by atoms with Gasteiger partial charge in [0, 0.05) is 17.6 Å². The highest BCUT2D eigenvalue weighted by Gasteiger charge is 2.32. The summed E-state index contributed by atoms with van der Waals surface area (Å²) in [6.45, 7) is 5.53. The maximum Gasteiger partial charge on any atom is 0.128 e. The predicted octanol–water partition coefficient (Wildman–Crippen LogP) is 3.87. The minimum atomic E-state index is -0.381. The Kier molecular flexibility index (Phi) is 5.71. The van der Waals surface area contributed by atoms with E-state index in [0.717, 1.165) is 19.4 Å². The van der Waals surface area contributed by atoms with Gasteiger partial charge in [-0.25, -0.2) is 8.78 Å². The fraction of sp³-hybridized carbons (Fsp3) is 0.647. The van der Waals surface area contributed by atoms with E-state index >= 15 is 0 Å². The maximum absolute atomic E-state index is 14.0. The fourth-order valence-electron chi connectivity index (χ4n) is 3.71. The zero-order chi connectivity index (χ0) is 15.4. The smallest absolute Gasteiger partial charge is 0.128 e. The predicted molar refractivity (Wildman–Crippen MR) is 82.0 cm³/mol. The number of rotatable bonds is 5. The van der Waals surface area contributed by atoms with Gasteiger partial charge in [-0.05, 0) is 57.0 Å². The normalized spacial score (nSPS) is 24.3. The van der Waals surface area contributed by atoms with Crippen molar-refractivity contribution in [2.45, 2.75) is 51.6 Å². The van der Waals surface area contributed by atoms with Crippen LogP contribution in [0.4, 0.5) is 8.78 Å². The van der Waals surface area contributed by atoms with E-state index in [1.807, 2.05) is 6.92 Å². The molecule has 1 aliphatic rings. The first-order chi connectivity index (χ1) is 10.1. The van der Waals surface area contributed by atoms with Crippen LogP contribution in [0.25, 0.3) is 0 Å². The van der Waals surface area contributed by atoms with Gasteiger partial charge in [-0.3, -0.25) is 4.90 Å². The molecule has 1 aliphatic carbocycles. The van der Waals surface area contributed by atoms with Crippen LogP contribution >= 0.6 is 0 Å². The van der Waals surface area contributed by atoms with Gasteiger partial charge in [0.25, 0.3) is 0 Å². The number of nitrogens with two attached hydrogens (primary N) is 1. The summed E-state index contributed by atoms with van der Waals surface area (Å²) in [5.74, 6) is -0.256. The Morgan fingerprint density at radius 2 is 2.00 bits per heavy atom. The van der Waals surface area contributed by atoms with E-state index in [2.05, 4.69) is 11.8 Å². The van der Waals surface area contributed by atoms with Gasteiger partial charge < -0.3 is 5.73 Å². The van der Waals surface area contributed by atoms with Crippen LogP contribution in [0.1, 0.15) is 51.1 Å². The van der Waals surface area contributed by atoms with Crippen molar-refractivity contribution in [3.8, 4) is 0 Å². The van der Waals surface area contributed by atoms with Crippen LogP contribution in [-0.4, -0.2) is 24.0 Å². The van der Waals surface area contributed by atoms with Crippen molar-refractivity contribution in [3.05, 3.63) is 35.4 Å². The van der Waals surface area contributed by atoms with Crippen LogP contribution in [0, 0.1) is 17.6 Å². The number of halogens is 2. The zero-order valence-electron chi connectivity index (χ0n) is 13.0. The third-order valence-electron chi connectivity index (χ3n) is 4.87. The lowest BCUT2D eigenvalue weighted by Gasteiger charge is -2.42. The van der Waals surface area contributed by atoms with Gasteiger partial charge in [0.2, 0.25) is 0 Å². The molecule has 2 nitrogen and oxygen atoms in total. The molecule has 3 unspecified atom stereocenters. The third-order valence-corrected chi connectivity index (χ3v) is 4.87. The summed E-state index contributed by atoms with van der Waals surface area (Å²) in [5, 5.41) is 0. The molecule has 118 valence electrons. The quantitative estimate of drug-likeness (QED) is 0.894. The van der Waals surface area contributed by atoms with E-state index in [0.29, 0.717) is 24.1 Å². The first-order valence-electron chi connectivity index (χ1n) is 7.99. The monoisotopic (exact) mass is 296 g/mol. The van der Waals surface area contributed by atoms with Gasteiger partial charge >= 0.3 is 0 Å². The summed E-state index contributed by atoms with van der Waals surface area (Å²) in [7, 11) is 0. The van der Waals surface area contributed by atoms with Crippen molar-refractivity contribution in [3.63, 3.8) is 0 Å². The fourth-order valence-corrected chi connectivity index (χ4v) is 3.71. The summed E-state index contributed by atoms with van der Waals surface area (Å²) in [5.41, 5.74) is 6.36. The van der Waals surface area contributed by atoms with Gasteiger partial charge in [-0.1, -0.05) is 19.8 Å². The minimum absolute atomic E-state index is 0.136. The van der Waals surface area contributed by atoms with Crippen molar-refractivity contribution in [1.29, 1.82) is 0 Å². The van der Waals surface area contributed by atoms with Crippen LogP contribution in [0.2, 0.25) is 0 Å². The molecule has 0 spiro atoms. The lowest BCUT2D eigenvalue weighted by molar-refractivity contribution is 0.0754. The average Bonchev–Trinajstić information content (AvgIpc) is 2.50. The molecule has 4 heteroatoms. The molecule has 3 atom stereocenters. The summed E-state index contributed by atoms with van der Waals surface area (Å²) < 4.78 is 27.5. The minimum Gasteiger partial charge on any atom is -0.330 e. The van der Waals surface area contributed by atoms with Crippen LogP contribution in [-0.2, 0) is 0 Å². The first kappa shape index (κ1) is 16.4. The second-order valence-corrected chi connectivity index (χ2v) is 6.02. The molecule has 0 aromatic heterocycles. The molecule has 1 saturated carbocycles. The van der Waals surface area contributed by atoms with Crippen molar-refractivity contribution in [2.75, 3.05) is 13.1 Å². The Labute approximate surface area is 126 Å². The molecule has 1 fully saturated rings. The Balaban J connectivity index is 2.24. The highest BCUT2D eigenvalue weighted by Crippen LogP contribution is 2.34. The third kappa shape index (κ3) is 3.61. The molecule has 0 saturated heterocycles. The van der Waals surface area contributed by atoms with E-state index in [4.69, 9.17) is 5.73 Å². The molecule has 1 aromatic rings. The van der Waals surface area contributed by atoms with E-state index in [9.17, 15) is 8.78 Å². The number of nitrogens with zero attached hydrogens (tertiary/aromatic N) is 1. The van der Waals surface area contributed by atoms with Gasteiger partial charge in [0.05, 0.1) is 0 Å². The van der Waals surface area contributed by atoms with Crippen LogP contribution in [0.3, 0.4) is 0 Å². The SMILES string of the molecule is CCN(C(C)c1cc(F)ccc1F)C1CCCCC1CN. The zero-order valence-corrected chi connectivity index (χ0v) is 13.0. The topological polar surface area (TPSA) is 29.3 Å². The summed E-state index contributed by atoms with van der Waals surface area (Å²) in [4.78, 5) is 2.29. The number of benzene rings is 1. The molecule has 0 amide bonds. The van der Waals surface area contributed by atoms with Crippen molar-refractivity contribution < 1.29 is 8.78 Å². The molecule has 2 N–H and O–H groups in total. The van der Waals surface area contributed by atoms with Gasteiger partial charge in [-0.2, -0.15) is 0 Å². The standard InChI is InChI=1S/C17H26F2N2/c1-3-21(17-7-5-4-6-13(17)11-20)12(2)15-10-14(18)8-9-16(15)19/h8-10,12-13,17H,3-7,11,20H2,1-2H3. The van der Waals surface area contributed by atoms with Gasteiger partial charge in [0.15, 0.2) is 0 Å². The van der Waals surface area contributed by atoms with Crippen molar-refractivity contribution in [2.24, 2.45) is 11.7 Å². The first-order valence-corrected chi connectivity index (χ1v) is 7.99. The largest absolute Gasteiger partial charge is 0.330 e. The van der Waals surface area contributed by atoms with Crippen molar-refractivity contribution >= 4 is 0 Å².